The van der Waals surface area contributed by atoms with Crippen molar-refractivity contribution in [2.45, 2.75) is 93.7 Å². The van der Waals surface area contributed by atoms with Gasteiger partial charge in [-0.05, 0) is 106 Å². The number of carbonyl (C=O) groups excluding carboxylic acids is 4. The van der Waals surface area contributed by atoms with E-state index in [-0.39, 0.29) is 71.7 Å². The molecule has 4 aliphatic heterocycles. The van der Waals surface area contributed by atoms with Crippen LogP contribution in [0.5, 0.6) is 11.5 Å². The van der Waals surface area contributed by atoms with E-state index in [1.807, 2.05) is 49.0 Å². The number of nitrogens with zero attached hydrogens (tertiary/aromatic N) is 5. The molecule has 5 amide bonds. The third-order valence-electron chi connectivity index (χ3n) is 16.9. The number of urea groups is 1. The summed E-state index contributed by atoms with van der Waals surface area (Å²) in [5, 5.41) is 20.8. The molecule has 378 valence electrons. The second-order valence-electron chi connectivity index (χ2n) is 20.9. The molecular formula is C54H59ClF2N8O7. The molecule has 5 aromatic rings. The summed E-state index contributed by atoms with van der Waals surface area (Å²) in [7, 11) is 1.88. The standard InChI is InChI=1S/C54H59ClF2N8O7/c1-31-43-41(27-38(56)46(55)45(43)44-37(48(58)68)10-11-40(47(44)57)71-25-24-66)72-54(31,34-6-4-3-5-7-34)30-59-53-18-17-52(28-53,29-53)50(69)64-21-14-35(15-22-64)63-19-12-32(13-20-63)33-8-9-36-39(26-33)62(2)61-49(36)65-23-16-42(67)60-51(65)70/h3-11,26-27,31-32,35,59,66H,12-25,28-30H2,1-2H3,(H2,58,68)(H,60,67,70)/t31-,52?,53?,54-/m0/s1. The van der Waals surface area contributed by atoms with Crippen LogP contribution >= 0.6 is 11.6 Å². The molecule has 5 heterocycles. The van der Waals surface area contributed by atoms with E-state index >= 15 is 8.78 Å². The van der Waals surface area contributed by atoms with Crippen LogP contribution in [0.1, 0.15) is 104 Å². The minimum atomic E-state index is -1.13. The van der Waals surface area contributed by atoms with Crippen molar-refractivity contribution in [1.29, 1.82) is 0 Å². The molecule has 6 fully saturated rings. The molecule has 12 rings (SSSR count). The molecule has 15 nitrogen and oxygen atoms in total. The largest absolute Gasteiger partial charge is 0.488 e. The molecule has 2 atom stereocenters. The number of primary amides is 1. The Bertz CT molecular complexity index is 3000. The molecule has 72 heavy (non-hydrogen) atoms. The number of likely N-dealkylation sites (tertiary alicyclic amines) is 2. The molecule has 4 aromatic carbocycles. The van der Waals surface area contributed by atoms with E-state index < -0.39 is 45.5 Å². The molecule has 3 saturated heterocycles. The molecule has 1 aromatic heterocycles. The van der Waals surface area contributed by atoms with Crippen LogP contribution in [0.2, 0.25) is 5.02 Å². The maximum atomic E-state index is 16.5. The number of rotatable bonds is 13. The maximum Gasteiger partial charge on any atom is 0.329 e. The maximum absolute atomic E-state index is 16.5. The van der Waals surface area contributed by atoms with Gasteiger partial charge < -0.3 is 35.4 Å². The number of imide groups is 1. The number of hydrogen-bond acceptors (Lipinski definition) is 10. The first-order chi connectivity index (χ1) is 34.6. The van der Waals surface area contributed by atoms with Gasteiger partial charge in [0.15, 0.2) is 23.0 Å². The van der Waals surface area contributed by atoms with E-state index in [1.165, 1.54) is 28.7 Å². The van der Waals surface area contributed by atoms with Crippen LogP contribution in [0.25, 0.3) is 22.0 Å². The number of piperidine rings is 2. The number of benzene rings is 4. The number of fused-ring (bicyclic) bond motifs is 3. The Kier molecular flexibility index (Phi) is 12.3. The number of aromatic nitrogens is 2. The molecule has 5 N–H and O–H groups in total. The fourth-order valence-corrected chi connectivity index (χ4v) is 13.4. The number of halogens is 3. The van der Waals surface area contributed by atoms with Gasteiger partial charge in [0.1, 0.15) is 18.2 Å². The van der Waals surface area contributed by atoms with Crippen LogP contribution in [0.3, 0.4) is 0 Å². The molecule has 18 heteroatoms. The van der Waals surface area contributed by atoms with Gasteiger partial charge in [-0.15, -0.1) is 0 Å². The molecule has 3 aliphatic carbocycles. The van der Waals surface area contributed by atoms with Crippen molar-refractivity contribution >= 4 is 52.1 Å². The topological polar surface area (TPSA) is 185 Å². The van der Waals surface area contributed by atoms with Crippen LogP contribution < -0.4 is 30.7 Å². The zero-order valence-electron chi connectivity index (χ0n) is 40.4. The van der Waals surface area contributed by atoms with Crippen LogP contribution in [0.4, 0.5) is 19.4 Å². The first kappa shape index (κ1) is 48.1. The minimum Gasteiger partial charge on any atom is -0.488 e. The monoisotopic (exact) mass is 1000 g/mol. The lowest BCUT2D eigenvalue weighted by atomic mass is 9.63. The summed E-state index contributed by atoms with van der Waals surface area (Å²) < 4.78 is 46.6. The summed E-state index contributed by atoms with van der Waals surface area (Å²) in [5.41, 5.74) is 6.75. The number of nitrogens with one attached hydrogen (secondary N) is 2. The molecule has 3 saturated carbocycles. The van der Waals surface area contributed by atoms with E-state index in [9.17, 15) is 24.3 Å². The van der Waals surface area contributed by atoms with Gasteiger partial charge in [0, 0.05) is 85.3 Å². The summed E-state index contributed by atoms with van der Waals surface area (Å²) in [6, 6.07) is 19.7. The highest BCUT2D eigenvalue weighted by atomic mass is 35.5. The van der Waals surface area contributed by atoms with Crippen molar-refractivity contribution in [3.8, 4) is 22.6 Å². The smallest absolute Gasteiger partial charge is 0.329 e. The minimum absolute atomic E-state index is 0.0550. The number of amides is 5. The van der Waals surface area contributed by atoms with Gasteiger partial charge in [-0.25, -0.2) is 13.6 Å². The fraction of sp³-hybridized carbons (Fsp3) is 0.463. The van der Waals surface area contributed by atoms with E-state index in [2.05, 4.69) is 43.7 Å². The number of aliphatic hydroxyl groups is 1. The van der Waals surface area contributed by atoms with Crippen LogP contribution in [0.15, 0.2) is 66.7 Å². The molecule has 0 radical (unpaired) electrons. The van der Waals surface area contributed by atoms with E-state index in [1.54, 1.807) is 0 Å². The SMILES string of the molecule is C[C@H]1c2c(cc(F)c(Cl)c2-c2c(C(N)=O)ccc(OCCO)c2F)O[C@]1(CNC12CCC(C(=O)N3CCC(N4CCC(c5ccc6c(N7CCC(=O)NC7=O)nn(C)c6c5)CC4)CC3)(C1)C2)c1ccccc1. The molecule has 7 aliphatic rings. The number of nitrogens with two attached hydrogens (primary N) is 1. The van der Waals surface area contributed by atoms with Crippen molar-refractivity contribution in [3.63, 3.8) is 0 Å². The number of aliphatic hydroxyl groups excluding tert-OH is 1. The van der Waals surface area contributed by atoms with E-state index in [4.69, 9.17) is 26.8 Å². The van der Waals surface area contributed by atoms with Gasteiger partial charge in [0.2, 0.25) is 17.7 Å². The molecular weight excluding hydrogens is 946 g/mol. The second kappa shape index (κ2) is 18.4. The highest BCUT2D eigenvalue weighted by molar-refractivity contribution is 6.34. The average molecular weight is 1010 g/mol. The van der Waals surface area contributed by atoms with Crippen molar-refractivity contribution in [1.82, 2.24) is 30.2 Å². The number of hydrogen-bond donors (Lipinski definition) is 4. The highest BCUT2D eigenvalue weighted by Crippen LogP contribution is 2.63. The number of aryl methyl sites for hydroxylation is 1. The van der Waals surface area contributed by atoms with Crippen LogP contribution in [0, 0.1) is 17.0 Å². The lowest BCUT2D eigenvalue weighted by Gasteiger charge is -2.51. The summed E-state index contributed by atoms with van der Waals surface area (Å²) in [4.78, 5) is 57.9. The Morgan fingerprint density at radius 3 is 2.43 bits per heavy atom. The molecule has 0 spiro atoms. The Morgan fingerprint density at radius 2 is 1.72 bits per heavy atom. The first-order valence-corrected chi connectivity index (χ1v) is 25.5. The Morgan fingerprint density at radius 1 is 0.972 bits per heavy atom. The summed E-state index contributed by atoms with van der Waals surface area (Å²) in [6.07, 6.45) is 7.13. The average Bonchev–Trinajstić information content (AvgIpc) is 4.12. The Balaban J connectivity index is 0.738. The Hall–Kier alpha value is -6.14. The molecule has 0 unspecified atom stereocenters. The highest BCUT2D eigenvalue weighted by Gasteiger charge is 2.66. The predicted molar refractivity (Wildman–Crippen MR) is 266 cm³/mol. The van der Waals surface area contributed by atoms with Crippen molar-refractivity contribution < 1.29 is 42.5 Å². The van der Waals surface area contributed by atoms with Crippen LogP contribution in [-0.4, -0.2) is 113 Å². The third kappa shape index (κ3) is 7.98. The van der Waals surface area contributed by atoms with Crippen LogP contribution in [-0.2, 0) is 22.2 Å². The lowest BCUT2D eigenvalue weighted by Crippen LogP contribution is -2.62. The molecule has 2 bridgehead atoms. The van der Waals surface area contributed by atoms with Gasteiger partial charge in [0.05, 0.1) is 28.1 Å². The van der Waals surface area contributed by atoms with Gasteiger partial charge in [-0.2, -0.15) is 5.10 Å². The van der Waals surface area contributed by atoms with Crippen molar-refractivity contribution in [2.24, 2.45) is 18.2 Å². The zero-order chi connectivity index (χ0) is 50.3. The van der Waals surface area contributed by atoms with Gasteiger partial charge in [0.25, 0.3) is 0 Å². The summed E-state index contributed by atoms with van der Waals surface area (Å²) in [6.45, 7) is 5.32. The quantitative estimate of drug-likeness (QED) is 0.0937. The summed E-state index contributed by atoms with van der Waals surface area (Å²) >= 11 is 6.75. The van der Waals surface area contributed by atoms with Gasteiger partial charge in [-0.1, -0.05) is 54.9 Å². The van der Waals surface area contributed by atoms with E-state index in [0.29, 0.717) is 42.7 Å². The van der Waals surface area contributed by atoms with Crippen molar-refractivity contribution in [2.75, 3.05) is 57.4 Å². The number of carbonyl (C=O) groups is 4. The second-order valence-corrected chi connectivity index (χ2v) is 21.2. The number of ether oxygens (including phenoxy) is 2. The van der Waals surface area contributed by atoms with Gasteiger partial charge >= 0.3 is 6.03 Å². The van der Waals surface area contributed by atoms with E-state index in [0.717, 1.165) is 81.2 Å². The lowest BCUT2D eigenvalue weighted by molar-refractivity contribution is -0.149. The Labute approximate surface area is 420 Å². The summed E-state index contributed by atoms with van der Waals surface area (Å²) in [5.74, 6) is -2.52. The predicted octanol–water partition coefficient (Wildman–Crippen LogP) is 7.25. The number of anilines is 1. The normalized spacial score (nSPS) is 25.6. The fourth-order valence-electron chi connectivity index (χ4n) is 13.2. The zero-order valence-corrected chi connectivity index (χ0v) is 41.2. The van der Waals surface area contributed by atoms with Crippen molar-refractivity contribution in [3.05, 3.63) is 106 Å². The van der Waals surface area contributed by atoms with Gasteiger partial charge in [-0.3, -0.25) is 29.3 Å². The third-order valence-corrected chi connectivity index (χ3v) is 17.3. The first-order valence-electron chi connectivity index (χ1n) is 25.1.